The van der Waals surface area contributed by atoms with Crippen molar-refractivity contribution in [1.82, 2.24) is 15.2 Å². The van der Waals surface area contributed by atoms with E-state index in [9.17, 15) is 9.18 Å². The molecule has 1 aromatic heterocycles. The molecule has 1 aliphatic heterocycles. The van der Waals surface area contributed by atoms with Crippen LogP contribution in [0.3, 0.4) is 0 Å². The predicted molar refractivity (Wildman–Crippen MR) is 76.0 cm³/mol. The van der Waals surface area contributed by atoms with Crippen molar-refractivity contribution in [2.45, 2.75) is 26.2 Å². The van der Waals surface area contributed by atoms with Crippen molar-refractivity contribution in [3.63, 3.8) is 0 Å². The summed E-state index contributed by atoms with van der Waals surface area (Å²) in [6, 6.07) is 4.25. The van der Waals surface area contributed by atoms with Crippen LogP contribution in [-0.2, 0) is 0 Å². The highest BCUT2D eigenvalue weighted by molar-refractivity contribution is 5.92. The number of nitrogens with zero attached hydrogens (tertiary/aromatic N) is 2. The molecule has 1 fully saturated rings. The van der Waals surface area contributed by atoms with Gasteiger partial charge in [0.1, 0.15) is 5.69 Å². The molecule has 1 saturated heterocycles. The SMILES string of the molecule is CC(CNC(=O)c1cccc(F)n1)CN1CCCCC1. The van der Waals surface area contributed by atoms with E-state index >= 15 is 0 Å². The molecule has 4 nitrogen and oxygen atoms in total. The highest BCUT2D eigenvalue weighted by Gasteiger charge is 2.15. The van der Waals surface area contributed by atoms with Gasteiger partial charge in [-0.1, -0.05) is 19.4 Å². The maximum absolute atomic E-state index is 12.9. The number of likely N-dealkylation sites (tertiary alicyclic amines) is 1. The van der Waals surface area contributed by atoms with E-state index in [1.165, 1.54) is 37.5 Å². The smallest absolute Gasteiger partial charge is 0.270 e. The Morgan fingerprint density at radius 3 is 2.85 bits per heavy atom. The first-order valence-corrected chi connectivity index (χ1v) is 7.28. The lowest BCUT2D eigenvalue weighted by molar-refractivity contribution is 0.0936. The van der Waals surface area contributed by atoms with Gasteiger partial charge in [-0.15, -0.1) is 0 Å². The first-order chi connectivity index (χ1) is 9.65. The molecule has 0 bridgehead atoms. The van der Waals surface area contributed by atoms with Gasteiger partial charge in [0.15, 0.2) is 0 Å². The average molecular weight is 279 g/mol. The standard InChI is InChI=1S/C15H22FN3O/c1-12(11-19-8-3-2-4-9-19)10-17-15(20)13-6-5-7-14(16)18-13/h5-7,12H,2-4,8-11H2,1H3,(H,17,20). The van der Waals surface area contributed by atoms with Gasteiger partial charge < -0.3 is 10.2 Å². The number of piperidine rings is 1. The summed E-state index contributed by atoms with van der Waals surface area (Å²) in [4.78, 5) is 17.9. The van der Waals surface area contributed by atoms with Crippen LogP contribution in [0, 0.1) is 11.9 Å². The molecule has 0 aliphatic carbocycles. The maximum atomic E-state index is 12.9. The van der Waals surface area contributed by atoms with Crippen molar-refractivity contribution < 1.29 is 9.18 Å². The monoisotopic (exact) mass is 279 g/mol. The Bertz CT molecular complexity index is 446. The minimum Gasteiger partial charge on any atom is -0.350 e. The molecule has 2 rings (SSSR count). The second-order valence-corrected chi connectivity index (χ2v) is 5.52. The molecule has 1 amide bonds. The summed E-state index contributed by atoms with van der Waals surface area (Å²) in [7, 11) is 0. The third-order valence-electron chi connectivity index (χ3n) is 3.58. The largest absolute Gasteiger partial charge is 0.350 e. The zero-order chi connectivity index (χ0) is 14.4. The van der Waals surface area contributed by atoms with Crippen LogP contribution in [0.2, 0.25) is 0 Å². The Morgan fingerprint density at radius 2 is 2.15 bits per heavy atom. The molecule has 1 aliphatic rings. The summed E-state index contributed by atoms with van der Waals surface area (Å²) in [5.74, 6) is -0.556. The minimum atomic E-state index is -0.626. The van der Waals surface area contributed by atoms with E-state index in [0.717, 1.165) is 19.6 Å². The highest BCUT2D eigenvalue weighted by atomic mass is 19.1. The molecular formula is C15H22FN3O. The first kappa shape index (κ1) is 14.9. The minimum absolute atomic E-state index is 0.134. The molecule has 2 heterocycles. The number of halogens is 1. The Labute approximate surface area is 119 Å². The van der Waals surface area contributed by atoms with E-state index in [1.807, 2.05) is 0 Å². The average Bonchev–Trinajstić information content (AvgIpc) is 2.46. The molecule has 1 unspecified atom stereocenters. The molecule has 1 N–H and O–H groups in total. The maximum Gasteiger partial charge on any atom is 0.270 e. The van der Waals surface area contributed by atoms with Crippen molar-refractivity contribution in [2.75, 3.05) is 26.2 Å². The molecule has 20 heavy (non-hydrogen) atoms. The molecule has 1 atom stereocenters. The van der Waals surface area contributed by atoms with Crippen LogP contribution >= 0.6 is 0 Å². The van der Waals surface area contributed by atoms with Crippen LogP contribution in [0.25, 0.3) is 0 Å². The van der Waals surface area contributed by atoms with Gasteiger partial charge in [0.05, 0.1) is 0 Å². The Balaban J connectivity index is 1.75. The summed E-state index contributed by atoms with van der Waals surface area (Å²) in [5, 5.41) is 2.82. The number of nitrogens with one attached hydrogen (secondary N) is 1. The molecule has 0 saturated carbocycles. The van der Waals surface area contributed by atoms with E-state index in [2.05, 4.69) is 22.1 Å². The van der Waals surface area contributed by atoms with Crippen LogP contribution < -0.4 is 5.32 Å². The predicted octanol–water partition coefficient (Wildman–Crippen LogP) is 2.07. The number of carbonyl (C=O) groups excluding carboxylic acids is 1. The second-order valence-electron chi connectivity index (χ2n) is 5.52. The molecule has 0 radical (unpaired) electrons. The fourth-order valence-corrected chi connectivity index (χ4v) is 2.54. The molecule has 1 aromatic rings. The summed E-state index contributed by atoms with van der Waals surface area (Å²) in [6.45, 7) is 6.02. The summed E-state index contributed by atoms with van der Waals surface area (Å²) < 4.78 is 12.9. The zero-order valence-corrected chi connectivity index (χ0v) is 11.9. The van der Waals surface area contributed by atoms with Crippen molar-refractivity contribution in [1.29, 1.82) is 0 Å². The van der Waals surface area contributed by atoms with E-state index in [-0.39, 0.29) is 11.6 Å². The first-order valence-electron chi connectivity index (χ1n) is 7.28. The van der Waals surface area contributed by atoms with Gasteiger partial charge in [0, 0.05) is 13.1 Å². The summed E-state index contributed by atoms with van der Waals surface area (Å²) in [5.41, 5.74) is 0.134. The summed E-state index contributed by atoms with van der Waals surface area (Å²) in [6.07, 6.45) is 3.87. The van der Waals surface area contributed by atoms with Crippen molar-refractivity contribution in [3.8, 4) is 0 Å². The van der Waals surface area contributed by atoms with Crippen molar-refractivity contribution in [2.24, 2.45) is 5.92 Å². The lowest BCUT2D eigenvalue weighted by Crippen LogP contribution is -2.38. The quantitative estimate of drug-likeness (QED) is 0.839. The van der Waals surface area contributed by atoms with E-state index in [4.69, 9.17) is 0 Å². The van der Waals surface area contributed by atoms with Gasteiger partial charge in [-0.2, -0.15) is 4.39 Å². The van der Waals surface area contributed by atoms with Crippen LogP contribution in [-0.4, -0.2) is 42.0 Å². The number of rotatable bonds is 5. The Kier molecular flexibility index (Phi) is 5.47. The van der Waals surface area contributed by atoms with Gasteiger partial charge in [0.25, 0.3) is 5.91 Å². The van der Waals surface area contributed by atoms with Gasteiger partial charge in [-0.25, -0.2) is 4.98 Å². The van der Waals surface area contributed by atoms with E-state index in [1.54, 1.807) is 0 Å². The number of aromatic nitrogens is 1. The topological polar surface area (TPSA) is 45.2 Å². The third kappa shape index (κ3) is 4.56. The number of amides is 1. The van der Waals surface area contributed by atoms with E-state index < -0.39 is 5.95 Å². The molecule has 5 heteroatoms. The lowest BCUT2D eigenvalue weighted by Gasteiger charge is -2.29. The second kappa shape index (κ2) is 7.33. The molecule has 0 aromatic carbocycles. The highest BCUT2D eigenvalue weighted by Crippen LogP contribution is 2.10. The van der Waals surface area contributed by atoms with Gasteiger partial charge in [-0.3, -0.25) is 4.79 Å². The molecule has 0 spiro atoms. The number of carbonyl (C=O) groups is 1. The lowest BCUT2D eigenvalue weighted by atomic mass is 10.1. The van der Waals surface area contributed by atoms with Gasteiger partial charge >= 0.3 is 0 Å². The van der Waals surface area contributed by atoms with E-state index in [0.29, 0.717) is 12.5 Å². The van der Waals surface area contributed by atoms with Crippen molar-refractivity contribution >= 4 is 5.91 Å². The van der Waals surface area contributed by atoms with Crippen LogP contribution in [0.1, 0.15) is 36.7 Å². The molecule has 110 valence electrons. The summed E-state index contributed by atoms with van der Waals surface area (Å²) >= 11 is 0. The number of hydrogen-bond acceptors (Lipinski definition) is 3. The van der Waals surface area contributed by atoms with Crippen LogP contribution in [0.4, 0.5) is 4.39 Å². The van der Waals surface area contributed by atoms with Crippen LogP contribution in [0.5, 0.6) is 0 Å². The van der Waals surface area contributed by atoms with Gasteiger partial charge in [-0.05, 0) is 44.0 Å². The third-order valence-corrected chi connectivity index (χ3v) is 3.58. The number of pyridine rings is 1. The Hall–Kier alpha value is -1.49. The Morgan fingerprint density at radius 1 is 1.40 bits per heavy atom. The fraction of sp³-hybridized carbons (Fsp3) is 0.600. The van der Waals surface area contributed by atoms with Gasteiger partial charge in [0.2, 0.25) is 5.95 Å². The number of hydrogen-bond donors (Lipinski definition) is 1. The normalized spacial score (nSPS) is 17.7. The zero-order valence-electron chi connectivity index (χ0n) is 11.9. The van der Waals surface area contributed by atoms with Crippen LogP contribution in [0.15, 0.2) is 18.2 Å². The van der Waals surface area contributed by atoms with Crippen molar-refractivity contribution in [3.05, 3.63) is 29.8 Å². The molecular weight excluding hydrogens is 257 g/mol. The fourth-order valence-electron chi connectivity index (χ4n) is 2.54.